The number of nitro groups is 1. The number of carbonyl (C=O) groups is 1. The molecule has 64 valence electrons. The molecule has 2 N–H and O–H groups in total. The van der Waals surface area contributed by atoms with Crippen molar-refractivity contribution in [2.75, 3.05) is 0 Å². The van der Waals surface area contributed by atoms with Crippen molar-refractivity contribution in [2.45, 2.75) is 0 Å². The Morgan fingerprint density at radius 1 is 1.75 bits per heavy atom. The highest BCUT2D eigenvalue weighted by molar-refractivity contribution is 6.32. The van der Waals surface area contributed by atoms with Crippen LogP contribution in [0.15, 0.2) is 0 Å². The maximum absolute atomic E-state index is 10.3. The summed E-state index contributed by atoms with van der Waals surface area (Å²) in [6, 6.07) is 0. The van der Waals surface area contributed by atoms with Crippen LogP contribution in [0, 0.1) is 10.1 Å². The first-order valence-corrected chi connectivity index (χ1v) is 3.03. The number of rotatable bonds is 2. The van der Waals surface area contributed by atoms with E-state index in [1.54, 1.807) is 0 Å². The highest BCUT2D eigenvalue weighted by atomic mass is 35.5. The Kier molecular flexibility index (Phi) is 1.96. The molecule has 0 spiro atoms. The number of H-pyrrole nitrogens is 1. The van der Waals surface area contributed by atoms with E-state index in [4.69, 9.17) is 16.7 Å². The van der Waals surface area contributed by atoms with Crippen LogP contribution in [-0.4, -0.2) is 26.2 Å². The topological polar surface area (TPSA) is 109 Å². The third kappa shape index (κ3) is 1.21. The molecule has 8 heteroatoms. The van der Waals surface area contributed by atoms with Crippen molar-refractivity contribution in [3.8, 4) is 0 Å². The van der Waals surface area contributed by atoms with E-state index in [2.05, 4.69) is 5.10 Å². The average molecular weight is 192 g/mol. The van der Waals surface area contributed by atoms with Crippen LogP contribution >= 0.6 is 11.6 Å². The Morgan fingerprint density at radius 2 is 2.33 bits per heavy atom. The molecule has 0 bridgehead atoms. The van der Waals surface area contributed by atoms with E-state index in [9.17, 15) is 14.9 Å². The fourth-order valence-electron chi connectivity index (χ4n) is 0.631. The maximum atomic E-state index is 10.3. The molecule has 0 aromatic carbocycles. The maximum Gasteiger partial charge on any atom is 0.363 e. The van der Waals surface area contributed by atoms with Gasteiger partial charge in [-0.1, -0.05) is 11.6 Å². The molecule has 1 heterocycles. The van der Waals surface area contributed by atoms with Crippen molar-refractivity contribution in [2.24, 2.45) is 0 Å². The predicted octanol–water partition coefficient (Wildman–Crippen LogP) is 0.669. The van der Waals surface area contributed by atoms with Crippen molar-refractivity contribution in [1.29, 1.82) is 0 Å². The van der Waals surface area contributed by atoms with Crippen molar-refractivity contribution in [3.63, 3.8) is 0 Å². The molecule has 0 saturated carbocycles. The number of hydrogen-bond acceptors (Lipinski definition) is 4. The normalized spacial score (nSPS) is 9.75. The number of nitrogens with one attached hydrogen (secondary N) is 1. The zero-order valence-electron chi connectivity index (χ0n) is 5.44. The molecule has 1 rings (SSSR count). The molecule has 1 aromatic rings. The van der Waals surface area contributed by atoms with Crippen LogP contribution < -0.4 is 0 Å². The number of halogens is 1. The number of carboxylic acids is 1. The summed E-state index contributed by atoms with van der Waals surface area (Å²) in [5, 5.41) is 23.3. The van der Waals surface area contributed by atoms with Crippen LogP contribution in [-0.2, 0) is 0 Å². The van der Waals surface area contributed by atoms with Crippen molar-refractivity contribution < 1.29 is 14.8 Å². The minimum atomic E-state index is -1.50. The van der Waals surface area contributed by atoms with Gasteiger partial charge in [0.1, 0.15) is 0 Å². The Morgan fingerprint density at radius 3 is 2.67 bits per heavy atom. The van der Waals surface area contributed by atoms with Crippen molar-refractivity contribution in [1.82, 2.24) is 10.2 Å². The summed E-state index contributed by atoms with van der Waals surface area (Å²) in [6.07, 6.45) is 0. The van der Waals surface area contributed by atoms with Crippen LogP contribution in [0.4, 0.5) is 5.69 Å². The minimum absolute atomic E-state index is 0.391. The number of carboxylic acid groups (broad SMARTS) is 1. The third-order valence-corrected chi connectivity index (χ3v) is 1.35. The van der Waals surface area contributed by atoms with Crippen LogP contribution in [0.2, 0.25) is 5.15 Å². The van der Waals surface area contributed by atoms with E-state index < -0.39 is 27.4 Å². The predicted molar refractivity (Wildman–Crippen MR) is 37.2 cm³/mol. The summed E-state index contributed by atoms with van der Waals surface area (Å²) in [6.45, 7) is 0. The monoisotopic (exact) mass is 191 g/mol. The highest BCUT2D eigenvalue weighted by Crippen LogP contribution is 2.24. The lowest BCUT2D eigenvalue weighted by Gasteiger charge is -1.86. The van der Waals surface area contributed by atoms with Crippen molar-refractivity contribution >= 4 is 23.3 Å². The van der Waals surface area contributed by atoms with Gasteiger partial charge in [0.15, 0.2) is 0 Å². The lowest BCUT2D eigenvalue weighted by molar-refractivity contribution is -0.385. The molecule has 0 radical (unpaired) electrons. The zero-order chi connectivity index (χ0) is 9.30. The first-order chi connectivity index (χ1) is 5.54. The fraction of sp³-hybridized carbons (Fsp3) is 0. The first-order valence-electron chi connectivity index (χ1n) is 2.65. The van der Waals surface area contributed by atoms with Crippen LogP contribution in [0.1, 0.15) is 10.5 Å². The van der Waals surface area contributed by atoms with E-state index in [-0.39, 0.29) is 0 Å². The molecule has 0 amide bonds. The fourth-order valence-corrected chi connectivity index (χ4v) is 0.831. The van der Waals surface area contributed by atoms with E-state index in [1.807, 2.05) is 5.10 Å². The molecule has 0 aliphatic rings. The van der Waals surface area contributed by atoms with Crippen molar-refractivity contribution in [3.05, 3.63) is 21.0 Å². The molecular weight excluding hydrogens is 190 g/mol. The summed E-state index contributed by atoms with van der Waals surface area (Å²) in [5.41, 5.74) is -1.41. The Hall–Kier alpha value is -1.63. The second-order valence-corrected chi connectivity index (χ2v) is 2.18. The molecule has 0 atom stereocenters. The zero-order valence-corrected chi connectivity index (χ0v) is 6.20. The molecule has 0 aliphatic carbocycles. The van der Waals surface area contributed by atoms with Gasteiger partial charge in [0.25, 0.3) is 0 Å². The van der Waals surface area contributed by atoms with Gasteiger partial charge in [-0.25, -0.2) is 4.79 Å². The molecule has 0 unspecified atom stereocenters. The average Bonchev–Trinajstić information content (AvgIpc) is 2.30. The first kappa shape index (κ1) is 8.47. The van der Waals surface area contributed by atoms with Gasteiger partial charge in [0, 0.05) is 0 Å². The molecule has 7 nitrogen and oxygen atoms in total. The molecule has 0 aliphatic heterocycles. The Bertz CT molecular complexity index is 346. The third-order valence-electron chi connectivity index (χ3n) is 1.08. The summed E-state index contributed by atoms with van der Waals surface area (Å²) in [5.74, 6) is -1.50. The quantitative estimate of drug-likeness (QED) is 0.527. The van der Waals surface area contributed by atoms with Gasteiger partial charge in [0.2, 0.25) is 10.8 Å². The lowest BCUT2D eigenvalue weighted by atomic mass is 10.4. The summed E-state index contributed by atoms with van der Waals surface area (Å²) >= 11 is 5.26. The number of aromatic nitrogens is 2. The molecule has 12 heavy (non-hydrogen) atoms. The van der Waals surface area contributed by atoms with Gasteiger partial charge in [-0.05, 0) is 0 Å². The number of aromatic carboxylic acids is 1. The number of hydrogen-bond donors (Lipinski definition) is 2. The van der Waals surface area contributed by atoms with E-state index >= 15 is 0 Å². The van der Waals surface area contributed by atoms with E-state index in [1.165, 1.54) is 0 Å². The van der Waals surface area contributed by atoms with E-state index in [0.717, 1.165) is 0 Å². The molecule has 0 fully saturated rings. The van der Waals surface area contributed by atoms with Gasteiger partial charge < -0.3 is 5.11 Å². The Balaban J connectivity index is 3.31. The Labute approximate surface area is 70.1 Å². The van der Waals surface area contributed by atoms with Gasteiger partial charge >= 0.3 is 11.7 Å². The van der Waals surface area contributed by atoms with Crippen LogP contribution in [0.3, 0.4) is 0 Å². The SMILES string of the molecule is O=C(O)c1n[nH]c(Cl)c1[N+](=O)[O-]. The number of aromatic amines is 1. The van der Waals surface area contributed by atoms with Gasteiger partial charge in [-0.3, -0.25) is 15.2 Å². The standard InChI is InChI=1S/C4H2ClN3O4/c5-3-2(8(11)12)1(4(9)10)6-7-3/h(H,6,7)(H,9,10). The largest absolute Gasteiger partial charge is 0.476 e. The molecule has 1 aromatic heterocycles. The van der Waals surface area contributed by atoms with Crippen LogP contribution in [0.25, 0.3) is 0 Å². The van der Waals surface area contributed by atoms with Gasteiger partial charge in [-0.2, -0.15) is 5.10 Å². The summed E-state index contributed by atoms with van der Waals surface area (Å²) in [4.78, 5) is 19.6. The van der Waals surface area contributed by atoms with Gasteiger partial charge in [-0.15, -0.1) is 0 Å². The van der Waals surface area contributed by atoms with E-state index in [0.29, 0.717) is 0 Å². The minimum Gasteiger partial charge on any atom is -0.476 e. The number of nitrogens with zero attached hydrogens (tertiary/aromatic N) is 2. The van der Waals surface area contributed by atoms with Gasteiger partial charge in [0.05, 0.1) is 4.92 Å². The second-order valence-electron chi connectivity index (χ2n) is 1.80. The second kappa shape index (κ2) is 2.78. The van der Waals surface area contributed by atoms with Crippen LogP contribution in [0.5, 0.6) is 0 Å². The highest BCUT2D eigenvalue weighted by Gasteiger charge is 2.27. The summed E-state index contributed by atoms with van der Waals surface area (Å²) < 4.78 is 0. The summed E-state index contributed by atoms with van der Waals surface area (Å²) in [7, 11) is 0. The molecular formula is C4H2ClN3O4. The smallest absolute Gasteiger partial charge is 0.363 e. The molecule has 0 saturated heterocycles. The lowest BCUT2D eigenvalue weighted by Crippen LogP contribution is -2.01.